The fourth-order valence-corrected chi connectivity index (χ4v) is 1.76. The van der Waals surface area contributed by atoms with Crippen molar-refractivity contribution in [2.75, 3.05) is 13.7 Å². The molecule has 4 heteroatoms. The number of carboxylic acids is 1. The molecule has 0 saturated carbocycles. The van der Waals surface area contributed by atoms with Crippen LogP contribution in [0, 0.1) is 0 Å². The van der Waals surface area contributed by atoms with Gasteiger partial charge in [0.1, 0.15) is 5.54 Å². The van der Waals surface area contributed by atoms with E-state index in [9.17, 15) is 9.90 Å². The standard InChI is InChI=1S/C13H19NO3/c1-10(11-7-5-4-6-8-11)14-13(2,9-17-3)12(15)16/h4-8,10,14H,9H2,1-3H3,(H,15,16). The lowest BCUT2D eigenvalue weighted by Gasteiger charge is -2.29. The number of methoxy groups -OCH3 is 1. The van der Waals surface area contributed by atoms with Gasteiger partial charge in [0, 0.05) is 13.2 Å². The van der Waals surface area contributed by atoms with Crippen LogP contribution in [-0.2, 0) is 9.53 Å². The van der Waals surface area contributed by atoms with Crippen LogP contribution in [-0.4, -0.2) is 30.3 Å². The van der Waals surface area contributed by atoms with Crippen molar-refractivity contribution < 1.29 is 14.6 Å². The first-order valence-corrected chi connectivity index (χ1v) is 5.54. The van der Waals surface area contributed by atoms with Gasteiger partial charge in [0.25, 0.3) is 0 Å². The Labute approximate surface area is 102 Å². The van der Waals surface area contributed by atoms with Gasteiger partial charge in [-0.15, -0.1) is 0 Å². The van der Waals surface area contributed by atoms with E-state index in [1.54, 1.807) is 6.92 Å². The summed E-state index contributed by atoms with van der Waals surface area (Å²) in [4.78, 5) is 11.2. The maximum Gasteiger partial charge on any atom is 0.326 e. The minimum Gasteiger partial charge on any atom is -0.480 e. The number of hydrogen-bond donors (Lipinski definition) is 2. The van der Waals surface area contributed by atoms with Crippen molar-refractivity contribution in [1.82, 2.24) is 5.32 Å². The molecule has 2 N–H and O–H groups in total. The van der Waals surface area contributed by atoms with Crippen LogP contribution in [0.4, 0.5) is 0 Å². The summed E-state index contributed by atoms with van der Waals surface area (Å²) in [6, 6.07) is 9.68. The van der Waals surface area contributed by atoms with Gasteiger partial charge in [0.2, 0.25) is 0 Å². The first-order chi connectivity index (χ1) is 7.99. The zero-order chi connectivity index (χ0) is 12.9. The van der Waals surface area contributed by atoms with Crippen LogP contribution in [0.5, 0.6) is 0 Å². The van der Waals surface area contributed by atoms with E-state index in [0.717, 1.165) is 5.56 Å². The second-order valence-corrected chi connectivity index (χ2v) is 4.35. The van der Waals surface area contributed by atoms with Crippen LogP contribution in [0.1, 0.15) is 25.5 Å². The quantitative estimate of drug-likeness (QED) is 0.792. The van der Waals surface area contributed by atoms with E-state index in [0.29, 0.717) is 0 Å². The SMILES string of the molecule is COCC(C)(NC(C)c1ccccc1)C(=O)O. The summed E-state index contributed by atoms with van der Waals surface area (Å²) < 4.78 is 4.96. The Morgan fingerprint density at radius 2 is 2.06 bits per heavy atom. The Morgan fingerprint density at radius 1 is 1.47 bits per heavy atom. The van der Waals surface area contributed by atoms with Crippen molar-refractivity contribution in [3.8, 4) is 0 Å². The molecule has 0 radical (unpaired) electrons. The highest BCUT2D eigenvalue weighted by Crippen LogP contribution is 2.16. The predicted octanol–water partition coefficient (Wildman–Crippen LogP) is 1.83. The van der Waals surface area contributed by atoms with E-state index in [1.165, 1.54) is 7.11 Å². The van der Waals surface area contributed by atoms with Crippen LogP contribution >= 0.6 is 0 Å². The number of ether oxygens (including phenoxy) is 1. The average Bonchev–Trinajstić information content (AvgIpc) is 2.30. The number of benzene rings is 1. The van der Waals surface area contributed by atoms with E-state index in [1.807, 2.05) is 37.3 Å². The summed E-state index contributed by atoms with van der Waals surface area (Å²) in [6.45, 7) is 3.68. The zero-order valence-electron chi connectivity index (χ0n) is 10.4. The van der Waals surface area contributed by atoms with Crippen molar-refractivity contribution in [2.24, 2.45) is 0 Å². The molecule has 0 saturated heterocycles. The molecule has 0 bridgehead atoms. The smallest absolute Gasteiger partial charge is 0.326 e. The molecule has 1 rings (SSSR count). The van der Waals surface area contributed by atoms with Crippen LogP contribution in [0.2, 0.25) is 0 Å². The highest BCUT2D eigenvalue weighted by atomic mass is 16.5. The van der Waals surface area contributed by atoms with E-state index < -0.39 is 11.5 Å². The summed E-state index contributed by atoms with van der Waals surface area (Å²) in [5.41, 5.74) is -0.0274. The lowest BCUT2D eigenvalue weighted by atomic mass is 10.00. The lowest BCUT2D eigenvalue weighted by molar-refractivity contribution is -0.146. The fraction of sp³-hybridized carbons (Fsp3) is 0.462. The molecule has 0 aliphatic carbocycles. The molecule has 2 unspecified atom stereocenters. The molecule has 2 atom stereocenters. The van der Waals surface area contributed by atoms with Gasteiger partial charge in [0.05, 0.1) is 6.61 Å². The topological polar surface area (TPSA) is 58.6 Å². The van der Waals surface area contributed by atoms with Crippen LogP contribution in [0.25, 0.3) is 0 Å². The Bertz CT molecular complexity index is 366. The highest BCUT2D eigenvalue weighted by Gasteiger charge is 2.34. The van der Waals surface area contributed by atoms with Gasteiger partial charge in [-0.1, -0.05) is 30.3 Å². The number of nitrogens with one attached hydrogen (secondary N) is 1. The molecule has 1 aromatic carbocycles. The minimum absolute atomic E-state index is 0.0487. The summed E-state index contributed by atoms with van der Waals surface area (Å²) in [7, 11) is 1.50. The second kappa shape index (κ2) is 5.80. The van der Waals surface area contributed by atoms with Gasteiger partial charge in [-0.2, -0.15) is 0 Å². The van der Waals surface area contributed by atoms with E-state index >= 15 is 0 Å². The third kappa shape index (κ3) is 3.54. The van der Waals surface area contributed by atoms with Crippen molar-refractivity contribution in [3.63, 3.8) is 0 Å². The predicted molar refractivity (Wildman–Crippen MR) is 65.9 cm³/mol. The minimum atomic E-state index is -1.08. The number of rotatable bonds is 6. The number of aliphatic carboxylic acids is 1. The molecule has 0 aliphatic rings. The maximum absolute atomic E-state index is 11.2. The van der Waals surface area contributed by atoms with Gasteiger partial charge < -0.3 is 9.84 Å². The summed E-state index contributed by atoms with van der Waals surface area (Å²) in [6.07, 6.45) is 0. The normalized spacial score (nSPS) is 16.2. The summed E-state index contributed by atoms with van der Waals surface area (Å²) >= 11 is 0. The van der Waals surface area contributed by atoms with Crippen LogP contribution < -0.4 is 5.32 Å². The van der Waals surface area contributed by atoms with Crippen molar-refractivity contribution in [1.29, 1.82) is 0 Å². The van der Waals surface area contributed by atoms with Gasteiger partial charge >= 0.3 is 5.97 Å². The third-order valence-electron chi connectivity index (χ3n) is 2.74. The number of hydrogen-bond acceptors (Lipinski definition) is 3. The molecular weight excluding hydrogens is 218 g/mol. The third-order valence-corrected chi connectivity index (χ3v) is 2.74. The van der Waals surface area contributed by atoms with Gasteiger partial charge in [-0.3, -0.25) is 10.1 Å². The molecule has 94 valence electrons. The Balaban J connectivity index is 2.78. The van der Waals surface area contributed by atoms with Gasteiger partial charge in [-0.25, -0.2) is 0 Å². The highest BCUT2D eigenvalue weighted by molar-refractivity contribution is 5.78. The van der Waals surface area contributed by atoms with Crippen molar-refractivity contribution in [3.05, 3.63) is 35.9 Å². The Kier molecular flexibility index (Phi) is 4.66. The Hall–Kier alpha value is -1.39. The average molecular weight is 237 g/mol. The molecule has 1 aromatic rings. The Morgan fingerprint density at radius 3 is 2.53 bits per heavy atom. The number of carboxylic acid groups (broad SMARTS) is 1. The monoisotopic (exact) mass is 237 g/mol. The summed E-state index contributed by atoms with van der Waals surface area (Å²) in [5, 5.41) is 12.3. The molecule has 0 amide bonds. The second-order valence-electron chi connectivity index (χ2n) is 4.35. The first kappa shape index (κ1) is 13.7. The molecule has 0 aromatic heterocycles. The summed E-state index contributed by atoms with van der Waals surface area (Å²) in [5.74, 6) is -0.915. The van der Waals surface area contributed by atoms with Crippen LogP contribution in [0.3, 0.4) is 0 Å². The van der Waals surface area contributed by atoms with Crippen LogP contribution in [0.15, 0.2) is 30.3 Å². The molecule has 0 fully saturated rings. The zero-order valence-corrected chi connectivity index (χ0v) is 10.4. The number of carbonyl (C=O) groups is 1. The molecule has 4 nitrogen and oxygen atoms in total. The van der Waals surface area contributed by atoms with Gasteiger partial charge in [-0.05, 0) is 19.4 Å². The molecule has 0 heterocycles. The first-order valence-electron chi connectivity index (χ1n) is 5.54. The van der Waals surface area contributed by atoms with Gasteiger partial charge in [0.15, 0.2) is 0 Å². The van der Waals surface area contributed by atoms with E-state index in [4.69, 9.17) is 4.74 Å². The molecule has 17 heavy (non-hydrogen) atoms. The van der Waals surface area contributed by atoms with E-state index in [-0.39, 0.29) is 12.6 Å². The molecule has 0 spiro atoms. The van der Waals surface area contributed by atoms with E-state index in [2.05, 4.69) is 5.32 Å². The molecule has 0 aliphatic heterocycles. The van der Waals surface area contributed by atoms with Crippen molar-refractivity contribution >= 4 is 5.97 Å². The molecular formula is C13H19NO3. The lowest BCUT2D eigenvalue weighted by Crippen LogP contribution is -2.53. The largest absolute Gasteiger partial charge is 0.480 e. The maximum atomic E-state index is 11.2. The van der Waals surface area contributed by atoms with Crippen molar-refractivity contribution in [2.45, 2.75) is 25.4 Å². The fourth-order valence-electron chi connectivity index (χ4n) is 1.76.